The molecule has 0 radical (unpaired) electrons. The van der Waals surface area contributed by atoms with Crippen molar-refractivity contribution in [2.75, 3.05) is 19.5 Å². The molecule has 3 N–H and O–H groups in total. The summed E-state index contributed by atoms with van der Waals surface area (Å²) in [6, 6.07) is 1.97. The zero-order valence-corrected chi connectivity index (χ0v) is 13.9. The lowest BCUT2D eigenvalue weighted by atomic mass is 10.1. The molecule has 0 aliphatic carbocycles. The first-order chi connectivity index (χ1) is 9.75. The van der Waals surface area contributed by atoms with Crippen LogP contribution in [0.4, 0.5) is 5.69 Å². The number of thiophene rings is 1. The molecule has 0 unspecified atom stereocenters. The van der Waals surface area contributed by atoms with Gasteiger partial charge in [0.05, 0.1) is 17.8 Å². The number of pyridine rings is 1. The third-order valence-electron chi connectivity index (χ3n) is 3.19. The van der Waals surface area contributed by atoms with Crippen LogP contribution in [0, 0.1) is 13.8 Å². The van der Waals surface area contributed by atoms with Crippen LogP contribution in [-0.4, -0.2) is 30.1 Å². The minimum absolute atomic E-state index is 0.186. The zero-order chi connectivity index (χ0) is 15.8. The number of ether oxygens (including phenoxy) is 1. The average molecular weight is 307 g/mol. The fourth-order valence-corrected chi connectivity index (χ4v) is 3.51. The van der Waals surface area contributed by atoms with Crippen LogP contribution in [-0.2, 0) is 4.74 Å². The van der Waals surface area contributed by atoms with E-state index in [2.05, 4.69) is 10.3 Å². The SMILES string of the molecule is COCC(C)(C)NC(=O)c1sc2nc(C)cc(C)c2c1N. The third kappa shape index (κ3) is 3.16. The summed E-state index contributed by atoms with van der Waals surface area (Å²) in [5, 5.41) is 3.82. The molecule has 114 valence electrons. The van der Waals surface area contributed by atoms with Gasteiger partial charge in [-0.2, -0.15) is 0 Å². The quantitative estimate of drug-likeness (QED) is 0.910. The summed E-state index contributed by atoms with van der Waals surface area (Å²) in [7, 11) is 1.61. The molecule has 0 fully saturated rings. The van der Waals surface area contributed by atoms with Crippen LogP contribution in [0.3, 0.4) is 0 Å². The number of hydrogen-bond acceptors (Lipinski definition) is 5. The van der Waals surface area contributed by atoms with Gasteiger partial charge in [0.25, 0.3) is 5.91 Å². The molecular weight excluding hydrogens is 286 g/mol. The molecule has 0 aliphatic heterocycles. The van der Waals surface area contributed by atoms with E-state index in [1.165, 1.54) is 11.3 Å². The van der Waals surface area contributed by atoms with Gasteiger partial charge < -0.3 is 15.8 Å². The second-order valence-electron chi connectivity index (χ2n) is 5.88. The Hall–Kier alpha value is -1.66. The van der Waals surface area contributed by atoms with Crippen LogP contribution in [0.15, 0.2) is 6.07 Å². The Balaban J connectivity index is 2.41. The smallest absolute Gasteiger partial charge is 0.264 e. The normalized spacial score (nSPS) is 11.9. The lowest BCUT2D eigenvalue weighted by molar-refractivity contribution is 0.0824. The number of nitrogen functional groups attached to an aromatic ring is 1. The molecule has 1 amide bonds. The number of carbonyl (C=O) groups is 1. The molecule has 21 heavy (non-hydrogen) atoms. The van der Waals surface area contributed by atoms with Crippen molar-refractivity contribution in [1.29, 1.82) is 0 Å². The fourth-order valence-electron chi connectivity index (χ4n) is 2.40. The van der Waals surface area contributed by atoms with Crippen molar-refractivity contribution in [2.24, 2.45) is 0 Å². The number of carbonyl (C=O) groups excluding carboxylic acids is 1. The van der Waals surface area contributed by atoms with Gasteiger partial charge in [-0.25, -0.2) is 4.98 Å². The van der Waals surface area contributed by atoms with E-state index in [1.807, 2.05) is 33.8 Å². The summed E-state index contributed by atoms with van der Waals surface area (Å²) in [5.41, 5.74) is 8.18. The largest absolute Gasteiger partial charge is 0.397 e. The van der Waals surface area contributed by atoms with E-state index in [-0.39, 0.29) is 5.91 Å². The topological polar surface area (TPSA) is 77.2 Å². The molecule has 0 atom stereocenters. The van der Waals surface area contributed by atoms with Gasteiger partial charge in [-0.15, -0.1) is 11.3 Å². The molecule has 0 aliphatic rings. The lowest BCUT2D eigenvalue weighted by Gasteiger charge is -2.24. The van der Waals surface area contributed by atoms with E-state index < -0.39 is 5.54 Å². The number of nitrogens with two attached hydrogens (primary N) is 1. The number of rotatable bonds is 4. The van der Waals surface area contributed by atoms with Gasteiger partial charge in [-0.05, 0) is 39.3 Å². The van der Waals surface area contributed by atoms with Gasteiger partial charge in [0, 0.05) is 18.2 Å². The summed E-state index contributed by atoms with van der Waals surface area (Å²) in [6.07, 6.45) is 0. The number of aromatic nitrogens is 1. The number of hydrogen-bond donors (Lipinski definition) is 2. The highest BCUT2D eigenvalue weighted by Crippen LogP contribution is 2.35. The van der Waals surface area contributed by atoms with Gasteiger partial charge in [0.1, 0.15) is 9.71 Å². The first kappa shape index (κ1) is 15.7. The van der Waals surface area contributed by atoms with Crippen molar-refractivity contribution < 1.29 is 9.53 Å². The van der Waals surface area contributed by atoms with Crippen LogP contribution < -0.4 is 11.1 Å². The van der Waals surface area contributed by atoms with Crippen LogP contribution in [0.2, 0.25) is 0 Å². The molecule has 6 heteroatoms. The van der Waals surface area contributed by atoms with Crippen molar-refractivity contribution >= 4 is 33.1 Å². The van der Waals surface area contributed by atoms with Gasteiger partial charge in [0.2, 0.25) is 0 Å². The molecule has 0 bridgehead atoms. The van der Waals surface area contributed by atoms with Crippen molar-refractivity contribution in [2.45, 2.75) is 33.2 Å². The van der Waals surface area contributed by atoms with Gasteiger partial charge in [-0.1, -0.05) is 0 Å². The summed E-state index contributed by atoms with van der Waals surface area (Å²) >= 11 is 1.33. The van der Waals surface area contributed by atoms with Gasteiger partial charge in [0.15, 0.2) is 0 Å². The summed E-state index contributed by atoms with van der Waals surface area (Å²) in [5.74, 6) is -0.186. The highest BCUT2D eigenvalue weighted by Gasteiger charge is 2.25. The Labute approximate surface area is 128 Å². The molecule has 0 spiro atoms. The molecule has 2 heterocycles. The number of fused-ring (bicyclic) bond motifs is 1. The number of nitrogens with one attached hydrogen (secondary N) is 1. The molecule has 5 nitrogen and oxygen atoms in total. The van der Waals surface area contributed by atoms with Crippen LogP contribution >= 0.6 is 11.3 Å². The number of methoxy groups -OCH3 is 1. The molecule has 0 aromatic carbocycles. The zero-order valence-electron chi connectivity index (χ0n) is 13.0. The summed E-state index contributed by atoms with van der Waals surface area (Å²) in [6.45, 7) is 8.16. The molecule has 2 rings (SSSR count). The average Bonchev–Trinajstić information content (AvgIpc) is 2.65. The molecule has 0 saturated carbocycles. The predicted molar refractivity (Wildman–Crippen MR) is 86.9 cm³/mol. The maximum absolute atomic E-state index is 12.5. The second kappa shape index (κ2) is 5.61. The van der Waals surface area contributed by atoms with Crippen molar-refractivity contribution in [3.63, 3.8) is 0 Å². The Morgan fingerprint density at radius 3 is 2.76 bits per heavy atom. The Kier molecular flexibility index (Phi) is 4.20. The monoisotopic (exact) mass is 307 g/mol. The van der Waals surface area contributed by atoms with Gasteiger partial charge >= 0.3 is 0 Å². The minimum Gasteiger partial charge on any atom is -0.397 e. The van der Waals surface area contributed by atoms with Crippen molar-refractivity contribution in [1.82, 2.24) is 10.3 Å². The molecular formula is C15H21N3O2S. The predicted octanol–water partition coefficient (Wildman–Crippen LogP) is 2.65. The second-order valence-corrected chi connectivity index (χ2v) is 6.88. The Morgan fingerprint density at radius 1 is 1.48 bits per heavy atom. The Morgan fingerprint density at radius 2 is 2.14 bits per heavy atom. The van der Waals surface area contributed by atoms with E-state index >= 15 is 0 Å². The van der Waals surface area contributed by atoms with E-state index in [4.69, 9.17) is 10.5 Å². The van der Waals surface area contributed by atoms with E-state index in [0.717, 1.165) is 21.5 Å². The highest BCUT2D eigenvalue weighted by molar-refractivity contribution is 7.21. The summed E-state index contributed by atoms with van der Waals surface area (Å²) < 4.78 is 5.11. The number of nitrogens with zero attached hydrogens (tertiary/aromatic N) is 1. The summed E-state index contributed by atoms with van der Waals surface area (Å²) in [4.78, 5) is 18.2. The Bertz CT molecular complexity index is 692. The maximum Gasteiger partial charge on any atom is 0.264 e. The van der Waals surface area contributed by atoms with E-state index in [1.54, 1.807) is 7.11 Å². The standard InChI is InChI=1S/C15H21N3O2S/c1-8-6-9(2)17-14-10(8)11(16)12(21-14)13(19)18-15(3,4)7-20-5/h6H,7,16H2,1-5H3,(H,18,19). The number of aryl methyl sites for hydroxylation is 2. The molecule has 2 aromatic rings. The van der Waals surface area contributed by atoms with Crippen molar-refractivity contribution in [3.8, 4) is 0 Å². The minimum atomic E-state index is -0.452. The lowest BCUT2D eigenvalue weighted by Crippen LogP contribution is -2.46. The van der Waals surface area contributed by atoms with Crippen LogP contribution in [0.5, 0.6) is 0 Å². The highest BCUT2D eigenvalue weighted by atomic mass is 32.1. The first-order valence-corrected chi connectivity index (χ1v) is 7.54. The molecule has 0 saturated heterocycles. The van der Waals surface area contributed by atoms with Crippen LogP contribution in [0.25, 0.3) is 10.2 Å². The fraction of sp³-hybridized carbons (Fsp3) is 0.467. The van der Waals surface area contributed by atoms with E-state index in [9.17, 15) is 4.79 Å². The van der Waals surface area contributed by atoms with Gasteiger partial charge in [-0.3, -0.25) is 4.79 Å². The number of amides is 1. The van der Waals surface area contributed by atoms with Crippen molar-refractivity contribution in [3.05, 3.63) is 22.2 Å². The van der Waals surface area contributed by atoms with E-state index in [0.29, 0.717) is 17.2 Å². The third-order valence-corrected chi connectivity index (χ3v) is 4.29. The maximum atomic E-state index is 12.5. The first-order valence-electron chi connectivity index (χ1n) is 6.73. The number of anilines is 1. The van der Waals surface area contributed by atoms with Crippen LogP contribution in [0.1, 0.15) is 34.8 Å². The molecule has 2 aromatic heterocycles.